The Bertz CT molecular complexity index is 1020. The third-order valence-corrected chi connectivity index (χ3v) is 7.30. The summed E-state index contributed by atoms with van der Waals surface area (Å²) in [6, 6.07) is 6.05. The Hall–Kier alpha value is -1.92. The van der Waals surface area contributed by atoms with Gasteiger partial charge < -0.3 is 5.32 Å². The van der Waals surface area contributed by atoms with Crippen molar-refractivity contribution in [2.75, 3.05) is 5.32 Å². The number of hydrogen-bond acceptors (Lipinski definition) is 5. The molecular formula is C21H23N3OS2. The monoisotopic (exact) mass is 397 g/mol. The van der Waals surface area contributed by atoms with Crippen LogP contribution in [-0.2, 0) is 17.6 Å². The number of carbonyl (C=O) groups is 1. The molecule has 2 heterocycles. The maximum Gasteiger partial charge on any atom is 0.237 e. The zero-order valence-electron chi connectivity index (χ0n) is 16.0. The summed E-state index contributed by atoms with van der Waals surface area (Å²) in [5.41, 5.74) is 4.48. The molecule has 0 unspecified atom stereocenters. The third kappa shape index (κ3) is 3.48. The number of amides is 1. The molecule has 0 radical (unpaired) electrons. The van der Waals surface area contributed by atoms with E-state index in [1.807, 2.05) is 45.9 Å². The van der Waals surface area contributed by atoms with E-state index < -0.39 is 0 Å². The van der Waals surface area contributed by atoms with Crippen molar-refractivity contribution in [3.05, 3.63) is 45.6 Å². The largest absolute Gasteiger partial charge is 0.325 e. The van der Waals surface area contributed by atoms with Crippen molar-refractivity contribution in [3.63, 3.8) is 0 Å². The van der Waals surface area contributed by atoms with Crippen LogP contribution >= 0.6 is 23.1 Å². The van der Waals surface area contributed by atoms with Crippen LogP contribution in [0.15, 0.2) is 23.2 Å². The smallest absolute Gasteiger partial charge is 0.237 e. The van der Waals surface area contributed by atoms with Gasteiger partial charge in [0.15, 0.2) is 0 Å². The summed E-state index contributed by atoms with van der Waals surface area (Å²) in [6.07, 6.45) is 3.44. The van der Waals surface area contributed by atoms with Crippen molar-refractivity contribution in [2.45, 2.75) is 57.2 Å². The van der Waals surface area contributed by atoms with Gasteiger partial charge in [-0.15, -0.1) is 11.3 Å². The summed E-state index contributed by atoms with van der Waals surface area (Å²) in [7, 11) is 0. The predicted octanol–water partition coefficient (Wildman–Crippen LogP) is 5.22. The number of fused-ring (bicyclic) bond motifs is 3. The quantitative estimate of drug-likeness (QED) is 0.484. The molecule has 1 aliphatic rings. The first kappa shape index (κ1) is 18.4. The van der Waals surface area contributed by atoms with Gasteiger partial charge in [0.05, 0.1) is 5.25 Å². The summed E-state index contributed by atoms with van der Waals surface area (Å²) < 4.78 is 0. The van der Waals surface area contributed by atoms with Gasteiger partial charge in [-0.05, 0) is 63.6 Å². The number of nitrogens with zero attached hydrogens (tertiary/aromatic N) is 2. The minimum atomic E-state index is -0.238. The number of benzene rings is 1. The van der Waals surface area contributed by atoms with Gasteiger partial charge in [0.1, 0.15) is 15.7 Å². The maximum atomic E-state index is 12.8. The van der Waals surface area contributed by atoms with Gasteiger partial charge in [-0.2, -0.15) is 0 Å². The molecule has 6 heteroatoms. The lowest BCUT2D eigenvalue weighted by Crippen LogP contribution is -2.23. The molecule has 1 amide bonds. The number of thiophene rings is 1. The number of aryl methyl sites for hydroxylation is 5. The maximum absolute atomic E-state index is 12.8. The first-order valence-electron chi connectivity index (χ1n) is 9.26. The summed E-state index contributed by atoms with van der Waals surface area (Å²) in [5, 5.41) is 4.99. The molecule has 0 aliphatic heterocycles. The molecule has 27 heavy (non-hydrogen) atoms. The number of thioether (sulfide) groups is 1. The van der Waals surface area contributed by atoms with Crippen LogP contribution in [0.25, 0.3) is 10.2 Å². The van der Waals surface area contributed by atoms with Gasteiger partial charge >= 0.3 is 0 Å². The van der Waals surface area contributed by atoms with Crippen molar-refractivity contribution in [3.8, 4) is 0 Å². The van der Waals surface area contributed by atoms with E-state index in [0.717, 1.165) is 45.3 Å². The highest BCUT2D eigenvalue weighted by atomic mass is 32.2. The van der Waals surface area contributed by atoms with E-state index >= 15 is 0 Å². The Labute approximate surface area is 167 Å². The first-order valence-corrected chi connectivity index (χ1v) is 11.0. The molecule has 3 aromatic rings. The summed E-state index contributed by atoms with van der Waals surface area (Å²) in [4.78, 5) is 24.7. The van der Waals surface area contributed by atoms with E-state index in [1.165, 1.54) is 22.2 Å². The number of nitrogens with one attached hydrogen (secondary N) is 1. The van der Waals surface area contributed by atoms with Gasteiger partial charge in [0.2, 0.25) is 5.91 Å². The molecule has 4 nitrogen and oxygen atoms in total. The van der Waals surface area contributed by atoms with E-state index in [1.54, 1.807) is 23.1 Å². The van der Waals surface area contributed by atoms with E-state index in [9.17, 15) is 4.79 Å². The molecular weight excluding hydrogens is 374 g/mol. The molecule has 0 saturated heterocycles. The first-order chi connectivity index (χ1) is 12.9. The van der Waals surface area contributed by atoms with Crippen LogP contribution in [0, 0.1) is 20.8 Å². The summed E-state index contributed by atoms with van der Waals surface area (Å²) in [5.74, 6) is 0.779. The minimum Gasteiger partial charge on any atom is -0.325 e. The Morgan fingerprint density at radius 2 is 1.93 bits per heavy atom. The van der Waals surface area contributed by atoms with Gasteiger partial charge in [-0.3, -0.25) is 4.79 Å². The topological polar surface area (TPSA) is 54.9 Å². The SMILES string of the molecule is Cc1nc(S[C@@H](C)C(=O)Nc2c(C)cccc2C)c2c3c(sc2n1)CCC3. The van der Waals surface area contributed by atoms with Crippen molar-refractivity contribution in [2.24, 2.45) is 0 Å². The van der Waals surface area contributed by atoms with E-state index in [2.05, 4.69) is 10.3 Å². The van der Waals surface area contributed by atoms with Crippen LogP contribution in [0.4, 0.5) is 5.69 Å². The minimum absolute atomic E-state index is 0.00805. The van der Waals surface area contributed by atoms with Gasteiger partial charge in [-0.1, -0.05) is 30.0 Å². The fourth-order valence-corrected chi connectivity index (χ4v) is 6.00. The van der Waals surface area contributed by atoms with Crippen LogP contribution in [-0.4, -0.2) is 21.1 Å². The van der Waals surface area contributed by atoms with Crippen molar-refractivity contribution in [1.29, 1.82) is 0 Å². The van der Waals surface area contributed by atoms with Crippen LogP contribution < -0.4 is 5.32 Å². The summed E-state index contributed by atoms with van der Waals surface area (Å²) >= 11 is 3.33. The van der Waals surface area contributed by atoms with Crippen molar-refractivity contribution < 1.29 is 4.79 Å². The second kappa shape index (κ2) is 7.24. The molecule has 1 atom stereocenters. The number of anilines is 1. The van der Waals surface area contributed by atoms with Crippen LogP contribution in [0.5, 0.6) is 0 Å². The highest BCUT2D eigenvalue weighted by Gasteiger charge is 2.24. The number of hydrogen-bond donors (Lipinski definition) is 1. The van der Waals surface area contributed by atoms with Crippen LogP contribution in [0.2, 0.25) is 0 Å². The zero-order chi connectivity index (χ0) is 19.1. The highest BCUT2D eigenvalue weighted by Crippen LogP contribution is 2.41. The Morgan fingerprint density at radius 3 is 2.67 bits per heavy atom. The normalized spacial score (nSPS) is 14.4. The molecule has 1 aliphatic carbocycles. The fourth-order valence-electron chi connectivity index (χ4n) is 3.61. The van der Waals surface area contributed by atoms with Gasteiger partial charge in [-0.25, -0.2) is 9.97 Å². The standard InChI is InChI=1S/C21H23N3OS2/c1-11-7-5-8-12(2)18(11)24-19(25)13(3)26-20-17-15-9-6-10-16(15)27-21(17)23-14(4)22-20/h5,7-8,13H,6,9-10H2,1-4H3,(H,24,25)/t13-/m0/s1. The number of rotatable bonds is 4. The lowest BCUT2D eigenvalue weighted by Gasteiger charge is -2.15. The average molecular weight is 398 g/mol. The van der Waals surface area contributed by atoms with Crippen molar-refractivity contribution >= 4 is 44.9 Å². The Balaban J connectivity index is 1.61. The average Bonchev–Trinajstić information content (AvgIpc) is 3.18. The fraction of sp³-hybridized carbons (Fsp3) is 0.381. The number of aromatic nitrogens is 2. The van der Waals surface area contributed by atoms with E-state index in [0.29, 0.717) is 0 Å². The second-order valence-electron chi connectivity index (χ2n) is 7.13. The van der Waals surface area contributed by atoms with E-state index in [-0.39, 0.29) is 11.2 Å². The molecule has 1 N–H and O–H groups in total. The zero-order valence-corrected chi connectivity index (χ0v) is 17.7. The van der Waals surface area contributed by atoms with Crippen molar-refractivity contribution in [1.82, 2.24) is 9.97 Å². The number of para-hydroxylation sites is 1. The molecule has 1 aromatic carbocycles. The van der Waals surface area contributed by atoms with E-state index in [4.69, 9.17) is 4.98 Å². The van der Waals surface area contributed by atoms with Crippen LogP contribution in [0.3, 0.4) is 0 Å². The lowest BCUT2D eigenvalue weighted by atomic mass is 10.1. The predicted molar refractivity (Wildman–Crippen MR) is 114 cm³/mol. The molecule has 2 aromatic heterocycles. The Morgan fingerprint density at radius 1 is 1.19 bits per heavy atom. The lowest BCUT2D eigenvalue weighted by molar-refractivity contribution is -0.115. The van der Waals surface area contributed by atoms with Gasteiger partial charge in [0.25, 0.3) is 0 Å². The molecule has 0 saturated carbocycles. The van der Waals surface area contributed by atoms with Crippen LogP contribution in [0.1, 0.15) is 40.7 Å². The van der Waals surface area contributed by atoms with Gasteiger partial charge in [0, 0.05) is 16.0 Å². The molecule has 0 spiro atoms. The molecule has 0 fully saturated rings. The molecule has 0 bridgehead atoms. The molecule has 140 valence electrons. The third-order valence-electron chi connectivity index (χ3n) is 5.03. The second-order valence-corrected chi connectivity index (χ2v) is 9.54. The highest BCUT2D eigenvalue weighted by molar-refractivity contribution is 8.00. The number of carbonyl (C=O) groups excluding carboxylic acids is 1. The summed E-state index contributed by atoms with van der Waals surface area (Å²) in [6.45, 7) is 7.91. The Kier molecular flexibility index (Phi) is 4.95. The molecule has 4 rings (SSSR count).